The van der Waals surface area contributed by atoms with E-state index < -0.39 is 0 Å². The van der Waals surface area contributed by atoms with Crippen LogP contribution in [0.4, 0.5) is 0 Å². The molecule has 0 radical (unpaired) electrons. The first-order valence-electron chi connectivity index (χ1n) is 9.48. The van der Waals surface area contributed by atoms with E-state index in [2.05, 4.69) is 64.5 Å². The van der Waals surface area contributed by atoms with Crippen LogP contribution in [0.3, 0.4) is 0 Å². The minimum atomic E-state index is 0.140. The number of thiophene rings is 1. The Morgan fingerprint density at radius 1 is 0.759 bits per heavy atom. The maximum atomic E-state index is 12.9. The van der Waals surface area contributed by atoms with Crippen molar-refractivity contribution < 1.29 is 4.79 Å². The van der Waals surface area contributed by atoms with E-state index in [4.69, 9.17) is 0 Å². The summed E-state index contributed by atoms with van der Waals surface area (Å²) in [5, 5.41) is 2.51. The number of halogens is 1. The summed E-state index contributed by atoms with van der Waals surface area (Å²) in [7, 11) is 0. The Balaban J connectivity index is 1.69. The number of carbonyl (C=O) groups is 1. The molecule has 5 rings (SSSR count). The molecule has 0 fully saturated rings. The molecule has 0 saturated heterocycles. The third kappa shape index (κ3) is 3.31. The molecule has 1 nitrogen and oxygen atoms in total. The molecule has 0 aliphatic rings. The van der Waals surface area contributed by atoms with Gasteiger partial charge in [0.1, 0.15) is 0 Å². The van der Waals surface area contributed by atoms with E-state index >= 15 is 0 Å². The summed E-state index contributed by atoms with van der Waals surface area (Å²) in [5.41, 5.74) is 4.11. The summed E-state index contributed by atoms with van der Waals surface area (Å²) in [6, 6.07) is 30.6. The molecule has 0 atom stereocenters. The molecule has 5 aromatic rings. The molecule has 0 unspecified atom stereocenters. The summed E-state index contributed by atoms with van der Waals surface area (Å²) in [4.78, 5) is 12.9. The first-order valence-corrected chi connectivity index (χ1v) is 11.1. The number of hydrogen-bond donors (Lipinski definition) is 0. The van der Waals surface area contributed by atoms with Gasteiger partial charge in [-0.3, -0.25) is 4.79 Å². The van der Waals surface area contributed by atoms with Crippen LogP contribution < -0.4 is 0 Å². The Morgan fingerprint density at radius 2 is 1.48 bits per heavy atom. The summed E-state index contributed by atoms with van der Waals surface area (Å²) >= 11 is 5.53. The van der Waals surface area contributed by atoms with Gasteiger partial charge in [-0.25, -0.2) is 0 Å². The Bertz CT molecular complexity index is 1350. The predicted octanol–water partition coefficient (Wildman–Crippen LogP) is 7.91. The molecule has 0 saturated carbocycles. The minimum Gasteiger partial charge on any atom is -0.294 e. The molecule has 4 aromatic carbocycles. The third-order valence-electron chi connectivity index (χ3n) is 5.23. The third-order valence-corrected chi connectivity index (χ3v) is 7.36. The van der Waals surface area contributed by atoms with Gasteiger partial charge >= 0.3 is 0 Å². The Kier molecular flexibility index (Phi) is 4.78. The summed E-state index contributed by atoms with van der Waals surface area (Å²) in [5.74, 6) is 0.140. The first kappa shape index (κ1) is 18.3. The van der Waals surface area contributed by atoms with Crippen LogP contribution in [0.15, 0.2) is 95.5 Å². The maximum absolute atomic E-state index is 12.9. The van der Waals surface area contributed by atoms with Crippen LogP contribution in [0.5, 0.6) is 0 Å². The van der Waals surface area contributed by atoms with Gasteiger partial charge in [-0.15, -0.1) is 11.3 Å². The standard InChI is InChI=1S/C26H17BrOS/c27-22-15-14-20(25-21-12-6-7-13-24(21)29-26(22)25)19-11-5-4-10-18(19)16-23(28)17-8-2-1-3-9-17/h1-15H,16H2. The zero-order valence-corrected chi connectivity index (χ0v) is 18.0. The molecule has 0 aliphatic heterocycles. The zero-order valence-electron chi connectivity index (χ0n) is 15.6. The molecule has 0 amide bonds. The van der Waals surface area contributed by atoms with Gasteiger partial charge in [0.05, 0.1) is 4.70 Å². The molecule has 0 bridgehead atoms. The van der Waals surface area contributed by atoms with Crippen LogP contribution in [-0.2, 0) is 6.42 Å². The highest BCUT2D eigenvalue weighted by Crippen LogP contribution is 2.44. The largest absolute Gasteiger partial charge is 0.294 e. The highest BCUT2D eigenvalue weighted by Gasteiger charge is 2.17. The molecule has 3 heteroatoms. The van der Waals surface area contributed by atoms with Gasteiger partial charge in [0.25, 0.3) is 0 Å². The van der Waals surface area contributed by atoms with E-state index in [0.717, 1.165) is 21.2 Å². The number of Topliss-reactive ketones (excluding diaryl/α,β-unsaturated/α-hetero) is 1. The molecule has 0 N–H and O–H groups in total. The lowest BCUT2D eigenvalue weighted by molar-refractivity contribution is 0.0993. The number of benzene rings is 4. The van der Waals surface area contributed by atoms with Crippen molar-refractivity contribution in [2.45, 2.75) is 6.42 Å². The van der Waals surface area contributed by atoms with Crippen molar-refractivity contribution in [1.29, 1.82) is 0 Å². The number of hydrogen-bond acceptors (Lipinski definition) is 2. The summed E-state index contributed by atoms with van der Waals surface area (Å²) in [6.45, 7) is 0. The van der Waals surface area contributed by atoms with Crippen molar-refractivity contribution in [2.24, 2.45) is 0 Å². The quantitative estimate of drug-likeness (QED) is 0.251. The lowest BCUT2D eigenvalue weighted by Gasteiger charge is -2.12. The molecule has 0 spiro atoms. The Labute approximate surface area is 181 Å². The van der Waals surface area contributed by atoms with Crippen molar-refractivity contribution >= 4 is 53.2 Å². The van der Waals surface area contributed by atoms with Gasteiger partial charge in [0.2, 0.25) is 0 Å². The average Bonchev–Trinajstić information content (AvgIpc) is 3.16. The molecule has 0 aliphatic carbocycles. The second-order valence-corrected chi connectivity index (χ2v) is 8.93. The van der Waals surface area contributed by atoms with Gasteiger partial charge in [0, 0.05) is 31.9 Å². The lowest BCUT2D eigenvalue weighted by atomic mass is 9.92. The lowest BCUT2D eigenvalue weighted by Crippen LogP contribution is -2.04. The van der Waals surface area contributed by atoms with E-state index in [0.29, 0.717) is 6.42 Å². The molecule has 140 valence electrons. The van der Waals surface area contributed by atoms with Crippen molar-refractivity contribution in [3.05, 3.63) is 107 Å². The zero-order chi connectivity index (χ0) is 19.8. The molecule has 1 heterocycles. The second kappa shape index (κ2) is 7.58. The number of rotatable bonds is 4. The monoisotopic (exact) mass is 456 g/mol. The SMILES string of the molecule is O=C(Cc1ccccc1-c1ccc(Br)c2sc3ccccc3c12)c1ccccc1. The van der Waals surface area contributed by atoms with Crippen molar-refractivity contribution in [3.63, 3.8) is 0 Å². The average molecular weight is 457 g/mol. The van der Waals surface area contributed by atoms with Gasteiger partial charge in [-0.1, -0.05) is 78.9 Å². The smallest absolute Gasteiger partial charge is 0.167 e. The summed E-state index contributed by atoms with van der Waals surface area (Å²) < 4.78 is 3.62. The van der Waals surface area contributed by atoms with Gasteiger partial charge in [0.15, 0.2) is 5.78 Å². The fraction of sp³-hybridized carbons (Fsp3) is 0.0385. The minimum absolute atomic E-state index is 0.140. The van der Waals surface area contributed by atoms with Crippen LogP contribution in [0, 0.1) is 0 Å². The van der Waals surface area contributed by atoms with E-state index in [9.17, 15) is 4.79 Å². The van der Waals surface area contributed by atoms with Gasteiger partial charge < -0.3 is 0 Å². The number of ketones is 1. The fourth-order valence-corrected chi connectivity index (χ4v) is 5.56. The summed E-state index contributed by atoms with van der Waals surface area (Å²) in [6.07, 6.45) is 0.389. The topological polar surface area (TPSA) is 17.1 Å². The Hall–Kier alpha value is -2.75. The molecule has 1 aromatic heterocycles. The van der Waals surface area contributed by atoms with Crippen LogP contribution in [-0.4, -0.2) is 5.78 Å². The van der Waals surface area contributed by atoms with E-state index in [1.54, 1.807) is 11.3 Å². The number of fused-ring (bicyclic) bond motifs is 3. The molecular formula is C26H17BrOS. The van der Waals surface area contributed by atoms with Crippen molar-refractivity contribution in [2.75, 3.05) is 0 Å². The highest BCUT2D eigenvalue weighted by atomic mass is 79.9. The normalized spacial score (nSPS) is 11.2. The van der Waals surface area contributed by atoms with Crippen LogP contribution in [0.1, 0.15) is 15.9 Å². The fourth-order valence-electron chi connectivity index (χ4n) is 3.86. The van der Waals surface area contributed by atoms with Crippen LogP contribution >= 0.6 is 27.3 Å². The van der Waals surface area contributed by atoms with Gasteiger partial charge in [-0.05, 0) is 44.8 Å². The van der Waals surface area contributed by atoms with Gasteiger partial charge in [-0.2, -0.15) is 0 Å². The maximum Gasteiger partial charge on any atom is 0.167 e. The van der Waals surface area contributed by atoms with Crippen molar-refractivity contribution in [3.8, 4) is 11.1 Å². The van der Waals surface area contributed by atoms with E-state index in [-0.39, 0.29) is 5.78 Å². The molecule has 29 heavy (non-hydrogen) atoms. The first-order chi connectivity index (χ1) is 14.2. The highest BCUT2D eigenvalue weighted by molar-refractivity contribution is 9.10. The molecular weight excluding hydrogens is 440 g/mol. The predicted molar refractivity (Wildman–Crippen MR) is 127 cm³/mol. The number of carbonyl (C=O) groups excluding carboxylic acids is 1. The Morgan fingerprint density at radius 3 is 2.34 bits per heavy atom. The van der Waals surface area contributed by atoms with E-state index in [1.165, 1.54) is 25.7 Å². The van der Waals surface area contributed by atoms with Crippen LogP contribution in [0.2, 0.25) is 0 Å². The van der Waals surface area contributed by atoms with Crippen LogP contribution in [0.25, 0.3) is 31.3 Å². The van der Waals surface area contributed by atoms with E-state index in [1.807, 2.05) is 42.5 Å². The second-order valence-electron chi connectivity index (χ2n) is 7.02. The van der Waals surface area contributed by atoms with Crippen molar-refractivity contribution in [1.82, 2.24) is 0 Å².